The fraction of sp³-hybridized carbons (Fsp3) is 0.314. The number of amides is 1. The van der Waals surface area contributed by atoms with Crippen LogP contribution in [0.1, 0.15) is 36.0 Å². The van der Waals surface area contributed by atoms with E-state index in [2.05, 4.69) is 39.5 Å². The van der Waals surface area contributed by atoms with Crippen LogP contribution in [0.5, 0.6) is 11.5 Å². The third-order valence-corrected chi connectivity index (χ3v) is 8.61. The highest BCUT2D eigenvalue weighted by atomic mass is 16.5. The zero-order valence-corrected chi connectivity index (χ0v) is 25.1. The molecule has 10 heteroatoms. The van der Waals surface area contributed by atoms with E-state index < -0.39 is 11.8 Å². The first-order valence-corrected chi connectivity index (χ1v) is 15.0. The Morgan fingerprint density at radius 2 is 1.96 bits per heavy atom. The summed E-state index contributed by atoms with van der Waals surface area (Å²) >= 11 is 0. The SMILES string of the molecule is COc1ccc(C2=C(C3C=NC(C#N)=CC3)C(C#N)C(N3CCC(NCc4ccc(/C=C/C(=O)NO)cc4)CC3)C=C2)cc1O. The molecule has 2 aliphatic heterocycles. The molecular weight excluding hydrogens is 568 g/mol. The number of carbonyl (C=O) groups excluding carboxylic acids is 1. The van der Waals surface area contributed by atoms with Gasteiger partial charge in [0.25, 0.3) is 5.91 Å². The molecule has 2 aromatic rings. The topological polar surface area (TPSA) is 154 Å². The number of phenolic OH excluding ortho intramolecular Hbond substituents is 1. The molecule has 4 N–H and O–H groups in total. The van der Waals surface area contributed by atoms with Crippen LogP contribution in [-0.2, 0) is 11.3 Å². The molecule has 2 heterocycles. The number of likely N-dealkylation sites (tertiary alicyclic amines) is 1. The fourth-order valence-electron chi connectivity index (χ4n) is 6.21. The molecule has 1 saturated heterocycles. The minimum atomic E-state index is -0.573. The summed E-state index contributed by atoms with van der Waals surface area (Å²) < 4.78 is 5.24. The van der Waals surface area contributed by atoms with Crippen molar-refractivity contribution in [3.05, 3.63) is 94.7 Å². The van der Waals surface area contributed by atoms with Crippen LogP contribution in [0.2, 0.25) is 0 Å². The predicted molar refractivity (Wildman–Crippen MR) is 171 cm³/mol. The Hall–Kier alpha value is -5.00. The number of ether oxygens (including phenoxy) is 1. The summed E-state index contributed by atoms with van der Waals surface area (Å²) in [4.78, 5) is 17.9. The third-order valence-electron chi connectivity index (χ3n) is 8.61. The number of rotatable bonds is 9. The van der Waals surface area contributed by atoms with Gasteiger partial charge in [-0.25, -0.2) is 10.5 Å². The number of piperidine rings is 1. The van der Waals surface area contributed by atoms with Gasteiger partial charge in [-0.15, -0.1) is 0 Å². The maximum Gasteiger partial charge on any atom is 0.267 e. The second kappa shape index (κ2) is 14.7. The normalized spacial score (nSPS) is 22.1. The van der Waals surface area contributed by atoms with E-state index in [-0.39, 0.29) is 17.7 Å². The number of benzene rings is 2. The van der Waals surface area contributed by atoms with Crippen LogP contribution in [0.15, 0.2) is 83.0 Å². The molecule has 5 rings (SSSR count). The van der Waals surface area contributed by atoms with Gasteiger partial charge in [-0.2, -0.15) is 10.5 Å². The van der Waals surface area contributed by atoms with Gasteiger partial charge in [-0.1, -0.05) is 42.5 Å². The van der Waals surface area contributed by atoms with Crippen LogP contribution in [0.4, 0.5) is 0 Å². The third kappa shape index (κ3) is 7.39. The molecule has 10 nitrogen and oxygen atoms in total. The van der Waals surface area contributed by atoms with Crippen LogP contribution in [-0.4, -0.2) is 59.6 Å². The zero-order valence-electron chi connectivity index (χ0n) is 25.1. The molecule has 1 fully saturated rings. The van der Waals surface area contributed by atoms with Crippen molar-refractivity contribution >= 4 is 23.8 Å². The zero-order chi connectivity index (χ0) is 31.8. The van der Waals surface area contributed by atoms with Crippen molar-refractivity contribution in [2.45, 2.75) is 37.9 Å². The second-order valence-corrected chi connectivity index (χ2v) is 11.3. The van der Waals surface area contributed by atoms with Crippen molar-refractivity contribution in [3.63, 3.8) is 0 Å². The summed E-state index contributed by atoms with van der Waals surface area (Å²) in [5.74, 6) is -0.734. The molecule has 0 saturated carbocycles. The fourth-order valence-corrected chi connectivity index (χ4v) is 6.21. The van der Waals surface area contributed by atoms with Gasteiger partial charge >= 0.3 is 0 Å². The lowest BCUT2D eigenvalue weighted by molar-refractivity contribution is -0.124. The van der Waals surface area contributed by atoms with Gasteiger partial charge < -0.3 is 15.2 Å². The number of hydroxylamine groups is 1. The van der Waals surface area contributed by atoms with Gasteiger partial charge in [-0.3, -0.25) is 14.9 Å². The largest absolute Gasteiger partial charge is 0.504 e. The smallest absolute Gasteiger partial charge is 0.267 e. The number of aromatic hydroxyl groups is 1. The lowest BCUT2D eigenvalue weighted by Gasteiger charge is -2.41. The molecule has 0 aromatic heterocycles. The Labute approximate surface area is 262 Å². The van der Waals surface area contributed by atoms with E-state index >= 15 is 0 Å². The van der Waals surface area contributed by atoms with E-state index in [1.54, 1.807) is 29.9 Å². The number of methoxy groups -OCH3 is 1. The molecule has 0 spiro atoms. The molecule has 1 amide bonds. The van der Waals surface area contributed by atoms with Gasteiger partial charge in [0.2, 0.25) is 0 Å². The first kappa shape index (κ1) is 31.4. The first-order valence-electron chi connectivity index (χ1n) is 15.0. The summed E-state index contributed by atoms with van der Waals surface area (Å²) in [6, 6.07) is 18.1. The summed E-state index contributed by atoms with van der Waals surface area (Å²) in [6.45, 7) is 2.40. The molecule has 45 heavy (non-hydrogen) atoms. The minimum Gasteiger partial charge on any atom is -0.504 e. The Bertz CT molecular complexity index is 1640. The van der Waals surface area contributed by atoms with Gasteiger partial charge in [0.1, 0.15) is 11.8 Å². The number of nitriles is 2. The van der Waals surface area contributed by atoms with Crippen LogP contribution in [0.25, 0.3) is 11.6 Å². The standard InChI is InChI=1S/C35H36N6O4/c1-45-33-12-8-25(18-32(33)42)29-10-11-31(30(20-37)35(29)26-7-9-28(19-36)39-22-26)41-16-14-27(15-17-41)38-21-24-4-2-23(3-5-24)6-13-34(43)40-44/h2-6,8-13,18,22,26-27,30-31,38,42,44H,7,14-17,21H2,1H3,(H,40,43)/b13-6+. The highest BCUT2D eigenvalue weighted by molar-refractivity contribution is 5.90. The summed E-state index contributed by atoms with van der Waals surface area (Å²) in [5.41, 5.74) is 6.58. The summed E-state index contributed by atoms with van der Waals surface area (Å²) in [7, 11) is 1.51. The molecule has 1 aliphatic carbocycles. The maximum atomic E-state index is 11.2. The Kier molecular flexibility index (Phi) is 10.2. The van der Waals surface area contributed by atoms with Gasteiger partial charge in [0.15, 0.2) is 11.5 Å². The van der Waals surface area contributed by atoms with Gasteiger partial charge in [0.05, 0.1) is 19.1 Å². The Balaban J connectivity index is 1.27. The van der Waals surface area contributed by atoms with Crippen LogP contribution in [0, 0.1) is 34.5 Å². The number of hydrogen-bond acceptors (Lipinski definition) is 9. The molecule has 0 radical (unpaired) electrons. The maximum absolute atomic E-state index is 11.2. The highest BCUT2D eigenvalue weighted by Crippen LogP contribution is 2.42. The molecule has 0 bridgehead atoms. The van der Waals surface area contributed by atoms with Crippen molar-refractivity contribution in [1.29, 1.82) is 10.5 Å². The van der Waals surface area contributed by atoms with E-state index in [0.29, 0.717) is 23.9 Å². The quantitative estimate of drug-likeness (QED) is 0.185. The van der Waals surface area contributed by atoms with Crippen LogP contribution < -0.4 is 15.5 Å². The summed E-state index contributed by atoms with van der Waals surface area (Å²) in [6.07, 6.45) is 13.1. The number of nitrogens with one attached hydrogen (secondary N) is 2. The van der Waals surface area contributed by atoms with E-state index in [9.17, 15) is 20.4 Å². The number of hydrogen-bond donors (Lipinski definition) is 4. The van der Waals surface area contributed by atoms with Crippen molar-refractivity contribution in [2.24, 2.45) is 16.8 Å². The van der Waals surface area contributed by atoms with Crippen molar-refractivity contribution in [2.75, 3.05) is 20.2 Å². The Morgan fingerprint density at radius 1 is 1.18 bits per heavy atom. The number of nitrogens with zero attached hydrogens (tertiary/aromatic N) is 4. The molecule has 3 atom stereocenters. The van der Waals surface area contributed by atoms with E-state index in [1.165, 1.54) is 13.2 Å². The molecular formula is C35H36N6O4. The van der Waals surface area contributed by atoms with Crippen LogP contribution >= 0.6 is 0 Å². The van der Waals surface area contributed by atoms with Gasteiger partial charge in [-0.05, 0) is 71.4 Å². The molecule has 3 unspecified atom stereocenters. The molecule has 2 aromatic carbocycles. The monoisotopic (exact) mass is 604 g/mol. The summed E-state index contributed by atoms with van der Waals surface area (Å²) in [5, 5.41) is 42.7. The molecule has 230 valence electrons. The number of phenols is 1. The lowest BCUT2D eigenvalue weighted by Crippen LogP contribution is -2.49. The highest BCUT2D eigenvalue weighted by Gasteiger charge is 2.37. The molecule has 3 aliphatic rings. The average Bonchev–Trinajstić information content (AvgIpc) is 3.09. The van der Waals surface area contributed by atoms with Crippen LogP contribution in [0.3, 0.4) is 0 Å². The average molecular weight is 605 g/mol. The first-order chi connectivity index (χ1) is 21.9. The number of aliphatic imine (C=N–C) groups is 1. The number of carbonyl (C=O) groups is 1. The predicted octanol–water partition coefficient (Wildman–Crippen LogP) is 4.50. The minimum absolute atomic E-state index is 0.0318. The lowest BCUT2D eigenvalue weighted by atomic mass is 9.74. The van der Waals surface area contributed by atoms with Crippen molar-refractivity contribution in [3.8, 4) is 23.6 Å². The van der Waals surface area contributed by atoms with Crippen molar-refractivity contribution < 1.29 is 19.8 Å². The van der Waals surface area contributed by atoms with E-state index in [4.69, 9.17) is 9.94 Å². The van der Waals surface area contributed by atoms with E-state index in [0.717, 1.165) is 60.3 Å². The van der Waals surface area contributed by atoms with Gasteiger partial charge in [0, 0.05) is 49.9 Å². The second-order valence-electron chi connectivity index (χ2n) is 11.3. The number of allylic oxidation sites excluding steroid dienone is 4. The van der Waals surface area contributed by atoms with E-state index in [1.807, 2.05) is 36.4 Å². The Morgan fingerprint density at radius 3 is 2.58 bits per heavy atom. The van der Waals surface area contributed by atoms with Crippen molar-refractivity contribution in [1.82, 2.24) is 15.7 Å².